The summed E-state index contributed by atoms with van der Waals surface area (Å²) in [6, 6.07) is 1.15. The standard InChI is InChI=1S/C22H23FN4O5/c1-25-10-31-20-17-12(19(28)16(9-27(17)25)32-21(29)30)6-15(23)18(20)26-7-13-11-2-4-22(24,5-3-11)14(13)8-26/h2,4,6,9,11,13-14H,3,5,7-8,10,24H2,1H3,(H,29,30). The number of hydrogen-bond donors (Lipinski definition) is 2. The third-order valence-electron chi connectivity index (χ3n) is 7.57. The van der Waals surface area contributed by atoms with Crippen LogP contribution >= 0.6 is 0 Å². The van der Waals surface area contributed by atoms with Gasteiger partial charge in [-0.15, -0.1) is 0 Å². The van der Waals surface area contributed by atoms with E-state index in [0.717, 1.165) is 18.9 Å². The molecule has 7 rings (SSSR count). The highest BCUT2D eigenvalue weighted by atomic mass is 19.1. The fourth-order valence-corrected chi connectivity index (χ4v) is 6.04. The van der Waals surface area contributed by atoms with E-state index in [-0.39, 0.29) is 29.3 Å². The average Bonchev–Trinajstić information content (AvgIpc) is 3.21. The first-order valence-electron chi connectivity index (χ1n) is 10.7. The van der Waals surface area contributed by atoms with E-state index < -0.39 is 23.2 Å². The van der Waals surface area contributed by atoms with Crippen molar-refractivity contribution in [3.05, 3.63) is 40.5 Å². The summed E-state index contributed by atoms with van der Waals surface area (Å²) in [5.41, 5.74) is 6.33. The Balaban J connectivity index is 1.51. The number of hydrogen-bond acceptors (Lipinski definition) is 7. The average molecular weight is 442 g/mol. The van der Waals surface area contributed by atoms with Gasteiger partial charge in [-0.1, -0.05) is 12.2 Å². The topological polar surface area (TPSA) is 110 Å². The van der Waals surface area contributed by atoms with Gasteiger partial charge < -0.3 is 25.2 Å². The Morgan fingerprint density at radius 2 is 2.22 bits per heavy atom. The van der Waals surface area contributed by atoms with Crippen molar-refractivity contribution < 1.29 is 23.8 Å². The number of ether oxygens (including phenoxy) is 2. The molecule has 0 amide bonds. The predicted octanol–water partition coefficient (Wildman–Crippen LogP) is 1.84. The summed E-state index contributed by atoms with van der Waals surface area (Å²) < 4.78 is 27.7. The minimum absolute atomic E-state index is 0.000180. The van der Waals surface area contributed by atoms with E-state index in [1.165, 1.54) is 6.20 Å². The summed E-state index contributed by atoms with van der Waals surface area (Å²) in [6.45, 7) is 1.37. The zero-order valence-corrected chi connectivity index (χ0v) is 17.5. The largest absolute Gasteiger partial charge is 0.511 e. The van der Waals surface area contributed by atoms with Crippen molar-refractivity contribution >= 4 is 22.7 Å². The molecule has 2 aromatic rings. The summed E-state index contributed by atoms with van der Waals surface area (Å²) in [5, 5.41) is 10.6. The Morgan fingerprint density at radius 1 is 1.41 bits per heavy atom. The van der Waals surface area contributed by atoms with Crippen LogP contribution in [0.15, 0.2) is 29.2 Å². The monoisotopic (exact) mass is 442 g/mol. The number of carboxylic acid groups (broad SMARTS) is 1. The number of benzene rings is 1. The van der Waals surface area contributed by atoms with Crippen LogP contribution in [0.2, 0.25) is 0 Å². The molecular weight excluding hydrogens is 419 g/mol. The van der Waals surface area contributed by atoms with Crippen LogP contribution in [0.3, 0.4) is 0 Å². The number of fused-ring (bicyclic) bond motifs is 1. The lowest BCUT2D eigenvalue weighted by Crippen LogP contribution is -2.55. The molecule has 1 aromatic heterocycles. The van der Waals surface area contributed by atoms with E-state index in [9.17, 15) is 9.59 Å². The van der Waals surface area contributed by atoms with Crippen LogP contribution in [-0.2, 0) is 0 Å². The fourth-order valence-electron chi connectivity index (χ4n) is 6.04. The molecule has 32 heavy (non-hydrogen) atoms. The molecule has 4 atom stereocenters. The maximum absolute atomic E-state index is 15.5. The van der Waals surface area contributed by atoms with Crippen molar-refractivity contribution in [2.24, 2.45) is 23.5 Å². The van der Waals surface area contributed by atoms with E-state index in [1.54, 1.807) is 16.7 Å². The van der Waals surface area contributed by atoms with Crippen LogP contribution in [0.25, 0.3) is 10.9 Å². The molecule has 2 aliphatic heterocycles. The second-order valence-corrected chi connectivity index (χ2v) is 9.25. The Hall–Kier alpha value is -3.27. The van der Waals surface area contributed by atoms with Crippen LogP contribution in [0, 0.1) is 23.6 Å². The van der Waals surface area contributed by atoms with Crippen molar-refractivity contribution in [2.45, 2.75) is 18.4 Å². The number of anilines is 1. The summed E-state index contributed by atoms with van der Waals surface area (Å²) in [4.78, 5) is 25.9. The van der Waals surface area contributed by atoms with E-state index in [1.807, 2.05) is 4.90 Å². The van der Waals surface area contributed by atoms with E-state index in [4.69, 9.17) is 15.6 Å². The van der Waals surface area contributed by atoms with Crippen molar-refractivity contribution in [2.75, 3.05) is 36.8 Å². The van der Waals surface area contributed by atoms with Gasteiger partial charge in [0.1, 0.15) is 11.2 Å². The van der Waals surface area contributed by atoms with Crippen LogP contribution in [0.4, 0.5) is 14.9 Å². The summed E-state index contributed by atoms with van der Waals surface area (Å²) in [7, 11) is 1.71. The molecular formula is C22H23FN4O5. The maximum Gasteiger partial charge on any atom is 0.511 e. The SMILES string of the molecule is CN1COc2c(N3CC4C5C=CC(N)(CC5)C4C3)c(F)cc3c(=O)c(OC(=O)O)cn1c23. The second-order valence-electron chi connectivity index (χ2n) is 9.25. The molecule has 1 saturated heterocycles. The minimum atomic E-state index is -1.61. The lowest BCUT2D eigenvalue weighted by molar-refractivity contribution is 0.139. The number of rotatable bonds is 2. The molecule has 5 aliphatic rings. The summed E-state index contributed by atoms with van der Waals surface area (Å²) in [5.74, 6) is 0.322. The highest BCUT2D eigenvalue weighted by Crippen LogP contribution is 2.52. The van der Waals surface area contributed by atoms with Gasteiger partial charge >= 0.3 is 6.16 Å². The van der Waals surface area contributed by atoms with Crippen molar-refractivity contribution in [3.63, 3.8) is 0 Å². The molecule has 168 valence electrons. The quantitative estimate of drug-likeness (QED) is 0.536. The van der Waals surface area contributed by atoms with Crippen LogP contribution in [0.1, 0.15) is 12.8 Å². The smallest absolute Gasteiger partial charge is 0.467 e. The Kier molecular flexibility index (Phi) is 3.87. The first-order valence-corrected chi connectivity index (χ1v) is 10.7. The third kappa shape index (κ3) is 2.52. The number of carbonyl (C=O) groups is 1. The Labute approximate surface area is 182 Å². The summed E-state index contributed by atoms with van der Waals surface area (Å²) in [6.07, 6.45) is 6.00. The zero-order chi connectivity index (χ0) is 22.4. The van der Waals surface area contributed by atoms with Crippen LogP contribution in [0.5, 0.6) is 11.5 Å². The molecule has 2 fully saturated rings. The molecule has 3 heterocycles. The number of halogens is 1. The first-order chi connectivity index (χ1) is 15.3. The van der Waals surface area contributed by atoms with Crippen molar-refractivity contribution in [1.82, 2.24) is 4.68 Å². The molecule has 9 nitrogen and oxygen atoms in total. The number of allylic oxidation sites excluding steroid dienone is 1. The Bertz CT molecular complexity index is 1260. The Morgan fingerprint density at radius 3 is 2.91 bits per heavy atom. The number of aromatic nitrogens is 1. The van der Waals surface area contributed by atoms with Gasteiger partial charge in [-0.05, 0) is 30.7 Å². The molecule has 3 N–H and O–H groups in total. The van der Waals surface area contributed by atoms with Gasteiger partial charge in [0.25, 0.3) is 0 Å². The number of nitrogens with zero attached hydrogens (tertiary/aromatic N) is 3. The highest BCUT2D eigenvalue weighted by molar-refractivity contribution is 5.93. The number of nitrogens with two attached hydrogens (primary N) is 1. The molecule has 0 radical (unpaired) electrons. The molecule has 3 aliphatic carbocycles. The molecule has 1 aromatic carbocycles. The lowest BCUT2D eigenvalue weighted by Gasteiger charge is -2.47. The van der Waals surface area contributed by atoms with Gasteiger partial charge in [0.15, 0.2) is 18.3 Å². The highest BCUT2D eigenvalue weighted by Gasteiger charge is 2.53. The van der Waals surface area contributed by atoms with Gasteiger partial charge in [-0.2, -0.15) is 0 Å². The van der Waals surface area contributed by atoms with Crippen molar-refractivity contribution in [3.8, 4) is 11.5 Å². The van der Waals surface area contributed by atoms with Crippen molar-refractivity contribution in [1.29, 1.82) is 0 Å². The van der Waals surface area contributed by atoms with Gasteiger partial charge in [0.2, 0.25) is 11.2 Å². The molecule has 4 unspecified atom stereocenters. The third-order valence-corrected chi connectivity index (χ3v) is 7.57. The first kappa shape index (κ1) is 19.4. The zero-order valence-electron chi connectivity index (χ0n) is 17.5. The van der Waals surface area contributed by atoms with Gasteiger partial charge in [-0.3, -0.25) is 14.5 Å². The summed E-state index contributed by atoms with van der Waals surface area (Å²) >= 11 is 0. The molecule has 10 heteroatoms. The molecule has 1 saturated carbocycles. The van der Waals surface area contributed by atoms with E-state index in [2.05, 4.69) is 16.9 Å². The lowest BCUT2D eigenvalue weighted by atomic mass is 9.60. The second kappa shape index (κ2) is 6.38. The van der Waals surface area contributed by atoms with Crippen LogP contribution in [-0.4, -0.2) is 48.3 Å². The minimum Gasteiger partial charge on any atom is -0.467 e. The van der Waals surface area contributed by atoms with Gasteiger partial charge in [0, 0.05) is 31.6 Å². The van der Waals surface area contributed by atoms with Gasteiger partial charge in [-0.25, -0.2) is 9.18 Å². The van der Waals surface area contributed by atoms with Gasteiger partial charge in [0.05, 0.1) is 11.6 Å². The number of pyridine rings is 1. The fraction of sp³-hybridized carbons (Fsp3) is 0.455. The molecule has 0 spiro atoms. The predicted molar refractivity (Wildman–Crippen MR) is 114 cm³/mol. The molecule has 2 bridgehead atoms. The maximum atomic E-state index is 15.5. The normalized spacial score (nSPS) is 29.9. The van der Waals surface area contributed by atoms with E-state index >= 15 is 4.39 Å². The van der Waals surface area contributed by atoms with Crippen LogP contribution < -0.4 is 30.5 Å². The van der Waals surface area contributed by atoms with E-state index in [0.29, 0.717) is 36.1 Å².